The average Bonchev–Trinajstić information content (AvgIpc) is 3.56. The average molecular weight is 656 g/mol. The molecule has 3 atom stereocenters. The quantitative estimate of drug-likeness (QED) is 0.167. The summed E-state index contributed by atoms with van der Waals surface area (Å²) in [7, 11) is 3.89. The molecule has 0 radical (unpaired) electrons. The maximum absolute atomic E-state index is 12.7. The minimum absolute atomic E-state index is 0.0178. The summed E-state index contributed by atoms with van der Waals surface area (Å²) in [6.45, 7) is 12.4. The van der Waals surface area contributed by atoms with Crippen molar-refractivity contribution in [2.24, 2.45) is 17.8 Å². The molecule has 1 heterocycles. The van der Waals surface area contributed by atoms with Gasteiger partial charge in [-0.1, -0.05) is 5.21 Å². The predicted molar refractivity (Wildman–Crippen MR) is 182 cm³/mol. The van der Waals surface area contributed by atoms with Crippen LogP contribution in [0.4, 0.5) is 4.79 Å². The van der Waals surface area contributed by atoms with E-state index in [0.29, 0.717) is 69.4 Å². The third-order valence-corrected chi connectivity index (χ3v) is 9.95. The Labute approximate surface area is 280 Å². The molecule has 262 valence electrons. The van der Waals surface area contributed by atoms with E-state index in [4.69, 9.17) is 14.2 Å². The molecule has 0 bridgehead atoms. The Hall–Kier alpha value is -3.22. The van der Waals surface area contributed by atoms with Crippen LogP contribution in [0.5, 0.6) is 5.75 Å². The van der Waals surface area contributed by atoms with Gasteiger partial charge in [-0.25, -0.2) is 9.48 Å². The zero-order chi connectivity index (χ0) is 33.9. The molecule has 4 rings (SSSR count). The molecule has 2 aliphatic carbocycles. The minimum atomic E-state index is -0.373. The Morgan fingerprint density at radius 1 is 0.894 bits per heavy atom. The van der Waals surface area contributed by atoms with Gasteiger partial charge in [-0.2, -0.15) is 0 Å². The fraction of sp³-hybridized carbons (Fsp3) is 0.714. The lowest BCUT2D eigenvalue weighted by Gasteiger charge is -2.23. The van der Waals surface area contributed by atoms with Crippen LogP contribution in [-0.4, -0.2) is 91.7 Å². The van der Waals surface area contributed by atoms with Gasteiger partial charge in [-0.05, 0) is 129 Å². The molecule has 12 heteroatoms. The first-order valence-corrected chi connectivity index (χ1v) is 17.3. The Kier molecular flexibility index (Phi) is 13.4. The number of nitrogens with one attached hydrogen (secondary N) is 4. The maximum atomic E-state index is 12.7. The molecule has 4 N–H and O–H groups in total. The minimum Gasteiger partial charge on any atom is -0.494 e. The van der Waals surface area contributed by atoms with E-state index >= 15 is 0 Å². The van der Waals surface area contributed by atoms with Gasteiger partial charge >= 0.3 is 6.09 Å². The molecule has 47 heavy (non-hydrogen) atoms. The normalized spacial score (nSPS) is 19.1. The van der Waals surface area contributed by atoms with E-state index in [9.17, 15) is 9.59 Å². The number of benzene rings is 1. The first-order valence-electron chi connectivity index (χ1n) is 17.3. The van der Waals surface area contributed by atoms with Crippen molar-refractivity contribution in [1.82, 2.24) is 36.3 Å². The SMILES string of the molecule is CNC(C)(C)CCOCCNC(=O)OC[C@@H]1[C@@H]2CCc3c(nnn3CCCNC(=O)c3ccc(OCCC(C)(C)NC)cc3)CC[C@@H]21. The smallest absolute Gasteiger partial charge is 0.407 e. The molecule has 0 aliphatic heterocycles. The highest BCUT2D eigenvalue weighted by atomic mass is 16.5. The van der Waals surface area contributed by atoms with Gasteiger partial charge in [0.1, 0.15) is 5.75 Å². The first-order chi connectivity index (χ1) is 22.5. The van der Waals surface area contributed by atoms with E-state index in [1.807, 2.05) is 30.9 Å². The summed E-state index contributed by atoms with van der Waals surface area (Å²) in [4.78, 5) is 24.9. The van der Waals surface area contributed by atoms with Gasteiger partial charge in [0.05, 0.1) is 31.2 Å². The van der Waals surface area contributed by atoms with Crippen LogP contribution in [0.15, 0.2) is 24.3 Å². The van der Waals surface area contributed by atoms with Crippen molar-refractivity contribution in [2.45, 2.75) is 90.3 Å². The van der Waals surface area contributed by atoms with Crippen LogP contribution in [-0.2, 0) is 28.9 Å². The summed E-state index contributed by atoms with van der Waals surface area (Å²) in [5, 5.41) is 21.3. The van der Waals surface area contributed by atoms with Crippen LogP contribution in [0, 0.1) is 17.8 Å². The molecule has 0 spiro atoms. The highest BCUT2D eigenvalue weighted by molar-refractivity contribution is 5.94. The van der Waals surface area contributed by atoms with Crippen LogP contribution >= 0.6 is 0 Å². The Morgan fingerprint density at radius 2 is 1.57 bits per heavy atom. The third-order valence-electron chi connectivity index (χ3n) is 9.95. The van der Waals surface area contributed by atoms with Crippen molar-refractivity contribution in [3.05, 3.63) is 41.2 Å². The van der Waals surface area contributed by atoms with E-state index in [-0.39, 0.29) is 23.1 Å². The van der Waals surface area contributed by atoms with Gasteiger partial charge in [0.25, 0.3) is 5.91 Å². The first kappa shape index (κ1) is 36.6. The number of hydrogen-bond acceptors (Lipinski definition) is 9. The van der Waals surface area contributed by atoms with Gasteiger partial charge in [-0.3, -0.25) is 4.79 Å². The number of nitrogens with zero attached hydrogens (tertiary/aromatic N) is 3. The second kappa shape index (κ2) is 17.3. The highest BCUT2D eigenvalue weighted by Crippen LogP contribution is 2.52. The van der Waals surface area contributed by atoms with Gasteiger partial charge < -0.3 is 35.5 Å². The van der Waals surface area contributed by atoms with Gasteiger partial charge in [0.2, 0.25) is 0 Å². The number of rotatable bonds is 19. The number of alkyl carbamates (subject to hydrolysis) is 1. The number of hydrogen-bond donors (Lipinski definition) is 4. The van der Waals surface area contributed by atoms with E-state index in [0.717, 1.165) is 56.4 Å². The lowest BCUT2D eigenvalue weighted by atomic mass is 10.0. The van der Waals surface area contributed by atoms with E-state index in [1.165, 1.54) is 5.69 Å². The molecule has 2 aliphatic rings. The van der Waals surface area contributed by atoms with Crippen LogP contribution in [0.1, 0.15) is 81.5 Å². The van der Waals surface area contributed by atoms with Crippen molar-refractivity contribution in [3.63, 3.8) is 0 Å². The number of carbonyl (C=O) groups is 2. The Morgan fingerprint density at radius 3 is 2.28 bits per heavy atom. The van der Waals surface area contributed by atoms with Crippen LogP contribution in [0.2, 0.25) is 0 Å². The summed E-state index contributed by atoms with van der Waals surface area (Å²) >= 11 is 0. The lowest BCUT2D eigenvalue weighted by molar-refractivity contribution is 0.0952. The molecule has 0 unspecified atom stereocenters. The monoisotopic (exact) mass is 655 g/mol. The van der Waals surface area contributed by atoms with E-state index in [2.05, 4.69) is 59.3 Å². The summed E-state index contributed by atoms with van der Waals surface area (Å²) in [5.74, 6) is 2.21. The molecule has 1 fully saturated rings. The standard InChI is InChI=1S/C35H57N7O5/c1-34(2,36-5)16-21-45-23-19-39-33(44)47-24-29-27-12-14-30-31(15-13-28(27)29)42(41-40-30)20-7-18-38-32(43)25-8-10-26(11-9-25)46-22-17-35(3,4)37-6/h8-11,27-29,36-37H,7,12-24H2,1-6H3,(H,38,43)(H,39,44)/t27-,28+,29-/m0/s1. The zero-order valence-electron chi connectivity index (χ0n) is 29.3. The summed E-state index contributed by atoms with van der Waals surface area (Å²) in [6.07, 6.45) is 6.06. The molecule has 1 aromatic carbocycles. The second-order valence-electron chi connectivity index (χ2n) is 14.2. The molecule has 2 amide bonds. The number of carbonyl (C=O) groups excluding carboxylic acids is 2. The fourth-order valence-corrected chi connectivity index (χ4v) is 6.04. The largest absolute Gasteiger partial charge is 0.494 e. The molecule has 1 saturated carbocycles. The summed E-state index contributed by atoms with van der Waals surface area (Å²) in [5.41, 5.74) is 2.95. The molecular weight excluding hydrogens is 598 g/mol. The van der Waals surface area contributed by atoms with Crippen molar-refractivity contribution in [3.8, 4) is 5.75 Å². The number of fused-ring (bicyclic) bond motifs is 2. The van der Waals surface area contributed by atoms with Gasteiger partial charge in [0.15, 0.2) is 0 Å². The zero-order valence-corrected chi connectivity index (χ0v) is 29.3. The summed E-state index contributed by atoms with van der Waals surface area (Å²) in [6, 6.07) is 7.29. The molecule has 12 nitrogen and oxygen atoms in total. The van der Waals surface area contributed by atoms with Crippen LogP contribution in [0.25, 0.3) is 0 Å². The number of aryl methyl sites for hydroxylation is 2. The number of amides is 2. The van der Waals surface area contributed by atoms with Gasteiger partial charge in [0, 0.05) is 42.9 Å². The molecule has 0 saturated heterocycles. The van der Waals surface area contributed by atoms with Gasteiger partial charge in [-0.15, -0.1) is 5.10 Å². The van der Waals surface area contributed by atoms with Crippen molar-refractivity contribution >= 4 is 12.0 Å². The topological polar surface area (TPSA) is 141 Å². The number of aromatic nitrogens is 3. The molecular formula is C35H57N7O5. The fourth-order valence-electron chi connectivity index (χ4n) is 6.04. The van der Waals surface area contributed by atoms with Crippen molar-refractivity contribution in [2.75, 3.05) is 53.6 Å². The van der Waals surface area contributed by atoms with E-state index < -0.39 is 0 Å². The third kappa shape index (κ3) is 11.5. The summed E-state index contributed by atoms with van der Waals surface area (Å²) < 4.78 is 19.0. The Balaban J connectivity index is 1.10. The Bertz CT molecular complexity index is 1280. The van der Waals surface area contributed by atoms with Crippen LogP contribution in [0.3, 0.4) is 0 Å². The van der Waals surface area contributed by atoms with Crippen LogP contribution < -0.4 is 26.0 Å². The predicted octanol–water partition coefficient (Wildman–Crippen LogP) is 3.74. The maximum Gasteiger partial charge on any atom is 0.407 e. The molecule has 1 aromatic heterocycles. The van der Waals surface area contributed by atoms with E-state index in [1.54, 1.807) is 12.1 Å². The molecule has 2 aromatic rings. The number of ether oxygens (including phenoxy) is 3. The van der Waals surface area contributed by atoms with Crippen molar-refractivity contribution < 1.29 is 23.8 Å². The van der Waals surface area contributed by atoms with Crippen molar-refractivity contribution in [1.29, 1.82) is 0 Å². The lowest BCUT2D eigenvalue weighted by Crippen LogP contribution is -2.37. The second-order valence-corrected chi connectivity index (χ2v) is 14.2. The highest BCUT2D eigenvalue weighted by Gasteiger charge is 2.50.